The van der Waals surface area contributed by atoms with Crippen LogP contribution in [0.1, 0.15) is 24.4 Å². The Morgan fingerprint density at radius 2 is 2.11 bits per heavy atom. The maximum Gasteiger partial charge on any atom is 0.147 e. The van der Waals surface area contributed by atoms with Gasteiger partial charge in [0.15, 0.2) is 0 Å². The first kappa shape index (κ1) is 16.0. The molecule has 0 radical (unpaired) electrons. The molecule has 1 aromatic rings. The predicted molar refractivity (Wildman–Crippen MR) is 79.9 cm³/mol. The summed E-state index contributed by atoms with van der Waals surface area (Å²) in [5.74, 6) is 0.212. The van der Waals surface area contributed by atoms with Crippen LogP contribution in [0.4, 0.5) is 0 Å². The van der Waals surface area contributed by atoms with E-state index in [1.54, 1.807) is 0 Å². The molecule has 1 N–H and O–H groups in total. The van der Waals surface area contributed by atoms with E-state index in [9.17, 15) is 8.42 Å². The smallest absolute Gasteiger partial charge is 0.147 e. The fourth-order valence-electron chi connectivity index (χ4n) is 1.79. The van der Waals surface area contributed by atoms with Crippen molar-refractivity contribution in [2.75, 3.05) is 19.1 Å². The van der Waals surface area contributed by atoms with E-state index in [0.29, 0.717) is 11.4 Å². The van der Waals surface area contributed by atoms with E-state index >= 15 is 0 Å². The van der Waals surface area contributed by atoms with Crippen LogP contribution in [0.25, 0.3) is 0 Å². The number of sulfone groups is 1. The van der Waals surface area contributed by atoms with Gasteiger partial charge in [0, 0.05) is 27.5 Å². The highest BCUT2D eigenvalue weighted by atomic mass is 79.9. The summed E-state index contributed by atoms with van der Waals surface area (Å²) >= 11 is 9.47. The van der Waals surface area contributed by atoms with Gasteiger partial charge >= 0.3 is 0 Å². The highest BCUT2D eigenvalue weighted by Crippen LogP contribution is 2.29. The average Bonchev–Trinajstić information content (AvgIpc) is 2.27. The molecule has 0 amide bonds. The predicted octanol–water partition coefficient (Wildman–Crippen LogP) is 3.19. The van der Waals surface area contributed by atoms with E-state index in [-0.39, 0.29) is 11.8 Å². The van der Waals surface area contributed by atoms with Crippen LogP contribution >= 0.6 is 27.5 Å². The molecule has 0 saturated heterocycles. The quantitative estimate of drug-likeness (QED) is 0.853. The molecule has 1 unspecified atom stereocenters. The first-order chi connectivity index (χ1) is 8.33. The third-order valence-corrected chi connectivity index (χ3v) is 4.68. The lowest BCUT2D eigenvalue weighted by molar-refractivity contribution is 0.534. The molecule has 0 aliphatic carbocycles. The summed E-state index contributed by atoms with van der Waals surface area (Å²) in [5, 5.41) is 3.87. The summed E-state index contributed by atoms with van der Waals surface area (Å²) in [5.41, 5.74) is 1.05. The molecule has 6 heteroatoms. The van der Waals surface area contributed by atoms with Crippen molar-refractivity contribution < 1.29 is 8.42 Å². The van der Waals surface area contributed by atoms with Gasteiger partial charge in [0.25, 0.3) is 0 Å². The van der Waals surface area contributed by atoms with Crippen LogP contribution in [-0.4, -0.2) is 27.5 Å². The third kappa shape index (κ3) is 5.26. The minimum absolute atomic E-state index is 0.0971. The molecule has 0 spiro atoms. The summed E-state index contributed by atoms with van der Waals surface area (Å²) in [6.45, 7) is 0. The molecule has 3 nitrogen and oxygen atoms in total. The lowest BCUT2D eigenvalue weighted by Crippen LogP contribution is -2.18. The second-order valence-corrected chi connectivity index (χ2v) is 7.83. The zero-order chi connectivity index (χ0) is 13.8. The summed E-state index contributed by atoms with van der Waals surface area (Å²) in [4.78, 5) is 0. The molecule has 102 valence electrons. The highest BCUT2D eigenvalue weighted by Gasteiger charge is 2.14. The van der Waals surface area contributed by atoms with Crippen molar-refractivity contribution in [2.24, 2.45) is 0 Å². The number of halogens is 2. The van der Waals surface area contributed by atoms with Crippen LogP contribution in [0.3, 0.4) is 0 Å². The summed E-state index contributed by atoms with van der Waals surface area (Å²) < 4.78 is 23.2. The van der Waals surface area contributed by atoms with Gasteiger partial charge in [0.05, 0.1) is 0 Å². The van der Waals surface area contributed by atoms with Crippen molar-refractivity contribution >= 4 is 37.4 Å². The van der Waals surface area contributed by atoms with Crippen molar-refractivity contribution in [2.45, 2.75) is 18.9 Å². The van der Waals surface area contributed by atoms with Gasteiger partial charge in [-0.05, 0) is 43.7 Å². The molecule has 1 aromatic carbocycles. The molecule has 0 saturated carbocycles. The minimum Gasteiger partial charge on any atom is -0.313 e. The van der Waals surface area contributed by atoms with E-state index in [0.717, 1.165) is 16.5 Å². The molecular formula is C12H17BrClNO2S. The van der Waals surface area contributed by atoms with Crippen molar-refractivity contribution in [3.05, 3.63) is 33.3 Å². The third-order valence-electron chi connectivity index (χ3n) is 2.69. The Balaban J connectivity index is 2.74. The van der Waals surface area contributed by atoms with Gasteiger partial charge in [-0.2, -0.15) is 0 Å². The first-order valence-corrected chi connectivity index (χ1v) is 8.86. The van der Waals surface area contributed by atoms with E-state index in [4.69, 9.17) is 11.6 Å². The molecule has 1 rings (SSSR count). The molecule has 0 bridgehead atoms. The Hall–Kier alpha value is -0.100. The minimum atomic E-state index is -2.89. The first-order valence-electron chi connectivity index (χ1n) is 5.63. The van der Waals surface area contributed by atoms with Crippen LogP contribution in [0.2, 0.25) is 5.02 Å². The second-order valence-electron chi connectivity index (χ2n) is 4.28. The van der Waals surface area contributed by atoms with Crippen LogP contribution < -0.4 is 5.32 Å². The maximum atomic E-state index is 11.1. The fourth-order valence-corrected chi connectivity index (χ4v) is 3.18. The van der Waals surface area contributed by atoms with Crippen LogP contribution in [-0.2, 0) is 9.84 Å². The zero-order valence-corrected chi connectivity index (χ0v) is 13.6. The average molecular weight is 355 g/mol. The van der Waals surface area contributed by atoms with Crippen LogP contribution in [0, 0.1) is 0 Å². The lowest BCUT2D eigenvalue weighted by atomic mass is 10.0. The van der Waals surface area contributed by atoms with E-state index in [2.05, 4.69) is 21.2 Å². The Labute approximate surface area is 122 Å². The second kappa shape index (κ2) is 6.89. The Bertz CT molecular complexity index is 505. The van der Waals surface area contributed by atoms with Gasteiger partial charge in [0.2, 0.25) is 0 Å². The zero-order valence-electron chi connectivity index (χ0n) is 10.4. The fraction of sp³-hybridized carbons (Fsp3) is 0.500. The standard InChI is InChI=1S/C12H17BrClNO2S/c1-15-12(4-3-7-18(2,16)17)10-8-9(14)5-6-11(10)13/h5-6,8,12,15H,3-4,7H2,1-2H3. The van der Waals surface area contributed by atoms with Gasteiger partial charge in [-0.25, -0.2) is 8.42 Å². The topological polar surface area (TPSA) is 46.2 Å². The summed E-state index contributed by atoms with van der Waals surface area (Å²) in [6.07, 6.45) is 2.64. The summed E-state index contributed by atoms with van der Waals surface area (Å²) in [6, 6.07) is 5.71. The molecular weight excluding hydrogens is 338 g/mol. The number of nitrogens with one attached hydrogen (secondary N) is 1. The van der Waals surface area contributed by atoms with E-state index < -0.39 is 9.84 Å². The van der Waals surface area contributed by atoms with Crippen molar-refractivity contribution in [1.29, 1.82) is 0 Å². The Kier molecular flexibility index (Phi) is 6.11. The largest absolute Gasteiger partial charge is 0.313 e. The molecule has 0 fully saturated rings. The Morgan fingerprint density at radius 1 is 1.44 bits per heavy atom. The van der Waals surface area contributed by atoms with Gasteiger partial charge in [0.1, 0.15) is 9.84 Å². The van der Waals surface area contributed by atoms with Crippen LogP contribution in [0.15, 0.2) is 22.7 Å². The summed E-state index contributed by atoms with van der Waals surface area (Å²) in [7, 11) is -1.03. The van der Waals surface area contributed by atoms with Crippen molar-refractivity contribution in [1.82, 2.24) is 5.32 Å². The molecule has 0 aromatic heterocycles. The number of hydrogen-bond acceptors (Lipinski definition) is 3. The Morgan fingerprint density at radius 3 is 2.67 bits per heavy atom. The molecule has 18 heavy (non-hydrogen) atoms. The molecule has 0 aliphatic rings. The number of rotatable bonds is 6. The number of benzene rings is 1. The van der Waals surface area contributed by atoms with E-state index in [1.165, 1.54) is 6.26 Å². The number of hydrogen-bond donors (Lipinski definition) is 1. The molecule has 0 aliphatic heterocycles. The highest BCUT2D eigenvalue weighted by molar-refractivity contribution is 9.10. The SMILES string of the molecule is CNC(CCCS(C)(=O)=O)c1cc(Cl)ccc1Br. The monoisotopic (exact) mass is 353 g/mol. The van der Waals surface area contributed by atoms with Crippen molar-refractivity contribution in [3.8, 4) is 0 Å². The van der Waals surface area contributed by atoms with Crippen LogP contribution in [0.5, 0.6) is 0 Å². The normalized spacial score (nSPS) is 13.6. The van der Waals surface area contributed by atoms with E-state index in [1.807, 2.05) is 25.2 Å². The van der Waals surface area contributed by atoms with Gasteiger partial charge in [-0.1, -0.05) is 27.5 Å². The molecule has 1 atom stereocenters. The van der Waals surface area contributed by atoms with Crippen molar-refractivity contribution in [3.63, 3.8) is 0 Å². The van der Waals surface area contributed by atoms with Gasteiger partial charge in [-0.3, -0.25) is 0 Å². The van der Waals surface area contributed by atoms with Gasteiger partial charge in [-0.15, -0.1) is 0 Å². The maximum absolute atomic E-state index is 11.1. The van der Waals surface area contributed by atoms with Gasteiger partial charge < -0.3 is 5.32 Å². The lowest BCUT2D eigenvalue weighted by Gasteiger charge is -2.18. The molecule has 0 heterocycles.